The summed E-state index contributed by atoms with van der Waals surface area (Å²) in [6.45, 7) is 5.00. The van der Waals surface area contributed by atoms with Crippen molar-refractivity contribution in [2.45, 2.75) is 46.0 Å². The molecule has 0 saturated heterocycles. The molecule has 0 aliphatic rings. The number of aryl methyl sites for hydroxylation is 1. The highest BCUT2D eigenvalue weighted by molar-refractivity contribution is 5.87. The van der Waals surface area contributed by atoms with E-state index in [0.29, 0.717) is 6.42 Å². The summed E-state index contributed by atoms with van der Waals surface area (Å²) in [7, 11) is 0. The van der Waals surface area contributed by atoms with Gasteiger partial charge in [0.05, 0.1) is 12.7 Å². The SMILES string of the molecule is CCCCCCNC(=O)Cc1coc2ccc(C)cc12. The Balaban J connectivity index is 1.88. The van der Waals surface area contributed by atoms with Crippen LogP contribution < -0.4 is 5.32 Å². The summed E-state index contributed by atoms with van der Waals surface area (Å²) < 4.78 is 5.48. The van der Waals surface area contributed by atoms with Crippen LogP contribution in [0.15, 0.2) is 28.9 Å². The number of carbonyl (C=O) groups is 1. The number of hydrogen-bond donors (Lipinski definition) is 1. The lowest BCUT2D eigenvalue weighted by atomic mass is 10.1. The first-order valence-electron chi connectivity index (χ1n) is 7.44. The highest BCUT2D eigenvalue weighted by Gasteiger charge is 2.10. The molecule has 1 amide bonds. The van der Waals surface area contributed by atoms with Crippen LogP contribution in [0.2, 0.25) is 0 Å². The van der Waals surface area contributed by atoms with Crippen molar-refractivity contribution < 1.29 is 9.21 Å². The molecule has 0 atom stereocenters. The summed E-state index contributed by atoms with van der Waals surface area (Å²) in [5.74, 6) is 0.0747. The van der Waals surface area contributed by atoms with Gasteiger partial charge in [-0.1, -0.05) is 37.8 Å². The molecule has 2 aromatic rings. The van der Waals surface area contributed by atoms with Gasteiger partial charge < -0.3 is 9.73 Å². The van der Waals surface area contributed by atoms with E-state index < -0.39 is 0 Å². The van der Waals surface area contributed by atoms with Gasteiger partial charge in [-0.05, 0) is 25.5 Å². The van der Waals surface area contributed by atoms with E-state index in [9.17, 15) is 4.79 Å². The van der Waals surface area contributed by atoms with Crippen LogP contribution in [0.5, 0.6) is 0 Å². The fourth-order valence-electron chi connectivity index (χ4n) is 2.35. The molecule has 2 rings (SSSR count). The van der Waals surface area contributed by atoms with Crippen molar-refractivity contribution in [2.24, 2.45) is 0 Å². The van der Waals surface area contributed by atoms with Crippen molar-refractivity contribution in [3.05, 3.63) is 35.6 Å². The van der Waals surface area contributed by atoms with Crippen LogP contribution >= 0.6 is 0 Å². The average Bonchev–Trinajstić information content (AvgIpc) is 2.81. The Morgan fingerprint density at radius 2 is 2.10 bits per heavy atom. The number of nitrogens with one attached hydrogen (secondary N) is 1. The Bertz CT molecular complexity index is 571. The highest BCUT2D eigenvalue weighted by Crippen LogP contribution is 2.22. The first-order valence-corrected chi connectivity index (χ1v) is 7.44. The molecule has 1 heterocycles. The third kappa shape index (κ3) is 3.86. The van der Waals surface area contributed by atoms with E-state index in [0.717, 1.165) is 29.5 Å². The molecule has 108 valence electrons. The van der Waals surface area contributed by atoms with E-state index in [1.54, 1.807) is 6.26 Å². The average molecular weight is 273 g/mol. The largest absolute Gasteiger partial charge is 0.464 e. The Morgan fingerprint density at radius 3 is 2.90 bits per heavy atom. The van der Waals surface area contributed by atoms with E-state index in [1.165, 1.54) is 24.8 Å². The summed E-state index contributed by atoms with van der Waals surface area (Å²) in [5, 5.41) is 4.03. The zero-order valence-electron chi connectivity index (χ0n) is 12.4. The van der Waals surface area contributed by atoms with Crippen molar-refractivity contribution >= 4 is 16.9 Å². The molecular formula is C17H23NO2. The standard InChI is InChI=1S/C17H23NO2/c1-3-4-5-6-9-18-17(19)11-14-12-20-16-8-7-13(2)10-15(14)16/h7-8,10,12H,3-6,9,11H2,1-2H3,(H,18,19). The molecule has 3 nitrogen and oxygen atoms in total. The maximum Gasteiger partial charge on any atom is 0.224 e. The zero-order valence-corrected chi connectivity index (χ0v) is 12.4. The van der Waals surface area contributed by atoms with Crippen LogP contribution in [-0.4, -0.2) is 12.5 Å². The van der Waals surface area contributed by atoms with Crippen molar-refractivity contribution in [2.75, 3.05) is 6.54 Å². The second-order valence-electron chi connectivity index (χ2n) is 5.35. The van der Waals surface area contributed by atoms with Crippen LogP contribution in [-0.2, 0) is 11.2 Å². The maximum absolute atomic E-state index is 11.9. The molecule has 1 N–H and O–H groups in total. The number of hydrogen-bond acceptors (Lipinski definition) is 2. The summed E-state index contributed by atoms with van der Waals surface area (Å²) in [5.41, 5.74) is 3.00. The van der Waals surface area contributed by atoms with E-state index >= 15 is 0 Å². The smallest absolute Gasteiger partial charge is 0.224 e. The number of carbonyl (C=O) groups excluding carboxylic acids is 1. The van der Waals surface area contributed by atoms with Crippen molar-refractivity contribution in [3.63, 3.8) is 0 Å². The Morgan fingerprint density at radius 1 is 1.25 bits per heavy atom. The predicted molar refractivity (Wildman–Crippen MR) is 81.8 cm³/mol. The quantitative estimate of drug-likeness (QED) is 0.775. The molecule has 1 aromatic carbocycles. The molecule has 0 radical (unpaired) electrons. The second kappa shape index (κ2) is 7.13. The van der Waals surface area contributed by atoms with Gasteiger partial charge in [0.1, 0.15) is 5.58 Å². The minimum absolute atomic E-state index is 0.0747. The molecule has 0 aliphatic carbocycles. The van der Waals surface area contributed by atoms with Gasteiger partial charge >= 0.3 is 0 Å². The first-order chi connectivity index (χ1) is 9.70. The lowest BCUT2D eigenvalue weighted by molar-refractivity contribution is -0.120. The number of amides is 1. The van der Waals surface area contributed by atoms with Crippen LogP contribution in [0.3, 0.4) is 0 Å². The maximum atomic E-state index is 11.9. The van der Waals surface area contributed by atoms with Crippen molar-refractivity contribution in [1.29, 1.82) is 0 Å². The van der Waals surface area contributed by atoms with Crippen LogP contribution in [0.25, 0.3) is 11.0 Å². The molecular weight excluding hydrogens is 250 g/mol. The van der Waals surface area contributed by atoms with Crippen molar-refractivity contribution in [3.8, 4) is 0 Å². The highest BCUT2D eigenvalue weighted by atomic mass is 16.3. The lowest BCUT2D eigenvalue weighted by Gasteiger charge is -2.04. The molecule has 20 heavy (non-hydrogen) atoms. The van der Waals surface area contributed by atoms with Crippen LogP contribution in [0.4, 0.5) is 0 Å². The van der Waals surface area contributed by atoms with Gasteiger partial charge in [-0.3, -0.25) is 4.79 Å². The Labute approximate surface area is 120 Å². The fourth-order valence-corrected chi connectivity index (χ4v) is 2.35. The molecule has 0 fully saturated rings. The van der Waals surface area contributed by atoms with E-state index in [2.05, 4.69) is 18.3 Å². The van der Waals surface area contributed by atoms with E-state index in [1.807, 2.05) is 19.1 Å². The predicted octanol–water partition coefficient (Wildman–Crippen LogP) is 3.98. The van der Waals surface area contributed by atoms with Gasteiger partial charge in [-0.15, -0.1) is 0 Å². The van der Waals surface area contributed by atoms with Crippen LogP contribution in [0.1, 0.15) is 43.7 Å². The molecule has 0 unspecified atom stereocenters. The molecule has 0 bridgehead atoms. The summed E-state index contributed by atoms with van der Waals surface area (Å²) in [6.07, 6.45) is 6.79. The van der Waals surface area contributed by atoms with Gasteiger partial charge in [0.2, 0.25) is 5.91 Å². The number of fused-ring (bicyclic) bond motifs is 1. The molecule has 0 aliphatic heterocycles. The number of furan rings is 1. The molecule has 0 spiro atoms. The summed E-state index contributed by atoms with van der Waals surface area (Å²) >= 11 is 0. The van der Waals surface area contributed by atoms with E-state index in [-0.39, 0.29) is 5.91 Å². The summed E-state index contributed by atoms with van der Waals surface area (Å²) in [6, 6.07) is 6.04. The Kier molecular flexibility index (Phi) is 5.22. The number of unbranched alkanes of at least 4 members (excludes halogenated alkanes) is 3. The van der Waals surface area contributed by atoms with Crippen LogP contribution in [0, 0.1) is 6.92 Å². The normalized spacial score (nSPS) is 10.9. The third-order valence-electron chi connectivity index (χ3n) is 3.51. The fraction of sp³-hybridized carbons (Fsp3) is 0.471. The second-order valence-corrected chi connectivity index (χ2v) is 5.35. The van der Waals surface area contributed by atoms with Gasteiger partial charge in [-0.25, -0.2) is 0 Å². The minimum atomic E-state index is 0.0747. The summed E-state index contributed by atoms with van der Waals surface area (Å²) in [4.78, 5) is 11.9. The number of rotatable bonds is 7. The topological polar surface area (TPSA) is 42.2 Å². The van der Waals surface area contributed by atoms with Gasteiger partial charge in [0.25, 0.3) is 0 Å². The Hall–Kier alpha value is -1.77. The van der Waals surface area contributed by atoms with Gasteiger partial charge in [0.15, 0.2) is 0 Å². The minimum Gasteiger partial charge on any atom is -0.464 e. The van der Waals surface area contributed by atoms with Gasteiger partial charge in [0, 0.05) is 17.5 Å². The monoisotopic (exact) mass is 273 g/mol. The molecule has 1 aromatic heterocycles. The van der Waals surface area contributed by atoms with Gasteiger partial charge in [-0.2, -0.15) is 0 Å². The molecule has 3 heteroatoms. The first kappa shape index (κ1) is 14.6. The van der Waals surface area contributed by atoms with E-state index in [4.69, 9.17) is 4.42 Å². The zero-order chi connectivity index (χ0) is 14.4. The van der Waals surface area contributed by atoms with Crippen molar-refractivity contribution in [1.82, 2.24) is 5.32 Å². The number of benzene rings is 1. The lowest BCUT2D eigenvalue weighted by Crippen LogP contribution is -2.25. The molecule has 0 saturated carbocycles. The third-order valence-corrected chi connectivity index (χ3v) is 3.51.